The summed E-state index contributed by atoms with van der Waals surface area (Å²) in [5, 5.41) is 6.94. The van der Waals surface area contributed by atoms with E-state index >= 15 is 0 Å². The smallest absolute Gasteiger partial charge is 0.234 e. The number of nitrogens with zero attached hydrogens (tertiary/aromatic N) is 4. The lowest BCUT2D eigenvalue weighted by molar-refractivity contribution is -0.122. The van der Waals surface area contributed by atoms with Crippen molar-refractivity contribution in [3.8, 4) is 0 Å². The molecular weight excluding hydrogens is 242 g/mol. The van der Waals surface area contributed by atoms with Crippen LogP contribution < -0.4 is 5.32 Å². The van der Waals surface area contributed by atoms with Crippen LogP contribution in [0.5, 0.6) is 0 Å². The van der Waals surface area contributed by atoms with E-state index in [2.05, 4.69) is 20.3 Å². The maximum Gasteiger partial charge on any atom is 0.234 e. The molecule has 19 heavy (non-hydrogen) atoms. The number of nitrogens with one attached hydrogen (secondary N) is 1. The third-order valence-electron chi connectivity index (χ3n) is 3.82. The summed E-state index contributed by atoms with van der Waals surface area (Å²) in [6, 6.07) is 0.587. The topological polar surface area (TPSA) is 63.1 Å². The maximum absolute atomic E-state index is 11.8. The first-order valence-corrected chi connectivity index (χ1v) is 6.96. The fourth-order valence-electron chi connectivity index (χ4n) is 2.62. The van der Waals surface area contributed by atoms with Gasteiger partial charge in [-0.05, 0) is 19.9 Å². The molecular formula is C13H23N5O. The summed E-state index contributed by atoms with van der Waals surface area (Å²) in [6.45, 7) is 1.10. The molecule has 0 atom stereocenters. The van der Waals surface area contributed by atoms with Crippen LogP contribution in [0, 0.1) is 0 Å². The lowest BCUT2D eigenvalue weighted by Gasteiger charge is -2.23. The molecule has 1 aliphatic carbocycles. The Morgan fingerprint density at radius 2 is 2.26 bits per heavy atom. The molecule has 1 heterocycles. The molecule has 0 spiro atoms. The van der Waals surface area contributed by atoms with Crippen LogP contribution in [-0.4, -0.2) is 51.8 Å². The minimum atomic E-state index is 0.0940. The first-order valence-electron chi connectivity index (χ1n) is 6.96. The highest BCUT2D eigenvalue weighted by Gasteiger charge is 2.20. The summed E-state index contributed by atoms with van der Waals surface area (Å²) < 4.78 is 1.73. The van der Waals surface area contributed by atoms with Crippen molar-refractivity contribution in [1.29, 1.82) is 0 Å². The predicted octanol–water partition coefficient (Wildman–Crippen LogP) is 0.348. The molecule has 1 aromatic rings. The standard InChI is InChI=1S/C13H23N5O/c1-17(11-5-3-4-6-11)9-13(19)14-8-7-12-15-10-16-18(12)2/h10-11H,3-9H2,1-2H3,(H,14,19). The number of aryl methyl sites for hydroxylation is 1. The average Bonchev–Trinajstić information content (AvgIpc) is 3.01. The highest BCUT2D eigenvalue weighted by atomic mass is 16.2. The van der Waals surface area contributed by atoms with E-state index in [1.807, 2.05) is 14.1 Å². The van der Waals surface area contributed by atoms with Crippen LogP contribution in [0.4, 0.5) is 0 Å². The molecule has 1 N–H and O–H groups in total. The largest absolute Gasteiger partial charge is 0.355 e. The molecule has 2 rings (SSSR count). The lowest BCUT2D eigenvalue weighted by Crippen LogP contribution is -2.40. The van der Waals surface area contributed by atoms with Crippen molar-refractivity contribution >= 4 is 5.91 Å². The van der Waals surface area contributed by atoms with E-state index in [1.54, 1.807) is 4.68 Å². The zero-order valence-electron chi connectivity index (χ0n) is 11.8. The SMILES string of the molecule is CN(CC(=O)NCCc1ncnn1C)C1CCCC1. The molecule has 106 valence electrons. The molecule has 1 aromatic heterocycles. The maximum atomic E-state index is 11.8. The van der Waals surface area contributed by atoms with Crippen molar-refractivity contribution in [2.24, 2.45) is 7.05 Å². The van der Waals surface area contributed by atoms with Crippen molar-refractivity contribution in [1.82, 2.24) is 25.0 Å². The molecule has 1 aliphatic rings. The summed E-state index contributed by atoms with van der Waals surface area (Å²) >= 11 is 0. The molecule has 0 bridgehead atoms. The Balaban J connectivity index is 1.65. The zero-order valence-corrected chi connectivity index (χ0v) is 11.8. The van der Waals surface area contributed by atoms with Crippen molar-refractivity contribution < 1.29 is 4.79 Å². The minimum Gasteiger partial charge on any atom is -0.355 e. The minimum absolute atomic E-state index is 0.0940. The number of likely N-dealkylation sites (N-methyl/N-ethyl adjacent to an activating group) is 1. The van der Waals surface area contributed by atoms with Gasteiger partial charge in [0.05, 0.1) is 6.54 Å². The molecule has 1 saturated carbocycles. The van der Waals surface area contributed by atoms with Gasteiger partial charge in [-0.25, -0.2) is 4.98 Å². The van der Waals surface area contributed by atoms with Crippen molar-refractivity contribution in [3.05, 3.63) is 12.2 Å². The molecule has 1 fully saturated rings. The van der Waals surface area contributed by atoms with Crippen LogP contribution in [0.1, 0.15) is 31.5 Å². The second kappa shape index (κ2) is 6.65. The van der Waals surface area contributed by atoms with Crippen LogP contribution in [0.15, 0.2) is 6.33 Å². The third kappa shape index (κ3) is 4.02. The third-order valence-corrected chi connectivity index (χ3v) is 3.82. The predicted molar refractivity (Wildman–Crippen MR) is 72.6 cm³/mol. The number of hydrogen-bond acceptors (Lipinski definition) is 4. The van der Waals surface area contributed by atoms with Gasteiger partial charge in [0.15, 0.2) is 0 Å². The van der Waals surface area contributed by atoms with E-state index in [9.17, 15) is 4.79 Å². The number of carbonyl (C=O) groups is 1. The van der Waals surface area contributed by atoms with Gasteiger partial charge in [-0.2, -0.15) is 5.10 Å². The summed E-state index contributed by atoms with van der Waals surface area (Å²) in [7, 11) is 3.90. The van der Waals surface area contributed by atoms with Gasteiger partial charge >= 0.3 is 0 Å². The number of amides is 1. The number of rotatable bonds is 6. The van der Waals surface area contributed by atoms with Crippen LogP contribution >= 0.6 is 0 Å². The van der Waals surface area contributed by atoms with E-state index in [0.717, 1.165) is 12.2 Å². The molecule has 0 aromatic carbocycles. The van der Waals surface area contributed by atoms with Crippen molar-refractivity contribution in [2.75, 3.05) is 20.1 Å². The molecule has 0 aliphatic heterocycles. The van der Waals surface area contributed by atoms with Crippen LogP contribution in [0.3, 0.4) is 0 Å². The first-order chi connectivity index (χ1) is 9.16. The van der Waals surface area contributed by atoms with Crippen LogP contribution in [-0.2, 0) is 18.3 Å². The fraction of sp³-hybridized carbons (Fsp3) is 0.769. The van der Waals surface area contributed by atoms with E-state index in [4.69, 9.17) is 0 Å². The molecule has 1 amide bonds. The van der Waals surface area contributed by atoms with Gasteiger partial charge in [-0.15, -0.1) is 0 Å². The van der Waals surface area contributed by atoms with Gasteiger partial charge in [-0.3, -0.25) is 14.4 Å². The second-order valence-corrected chi connectivity index (χ2v) is 5.25. The molecule has 0 saturated heterocycles. The Morgan fingerprint density at radius 1 is 1.53 bits per heavy atom. The first kappa shape index (κ1) is 14.0. The molecule has 6 nitrogen and oxygen atoms in total. The van der Waals surface area contributed by atoms with Gasteiger partial charge in [0.1, 0.15) is 12.2 Å². The summed E-state index contributed by atoms with van der Waals surface area (Å²) in [5.74, 6) is 0.987. The van der Waals surface area contributed by atoms with Gasteiger partial charge in [-0.1, -0.05) is 12.8 Å². The monoisotopic (exact) mass is 265 g/mol. The molecule has 6 heteroatoms. The second-order valence-electron chi connectivity index (χ2n) is 5.25. The van der Waals surface area contributed by atoms with E-state index in [0.29, 0.717) is 19.1 Å². The van der Waals surface area contributed by atoms with Gasteiger partial charge in [0, 0.05) is 26.1 Å². The zero-order chi connectivity index (χ0) is 13.7. The normalized spacial score (nSPS) is 16.2. The van der Waals surface area contributed by atoms with E-state index in [-0.39, 0.29) is 5.91 Å². The Hall–Kier alpha value is -1.43. The Kier molecular flexibility index (Phi) is 4.90. The van der Waals surface area contributed by atoms with Crippen molar-refractivity contribution in [3.63, 3.8) is 0 Å². The van der Waals surface area contributed by atoms with Gasteiger partial charge in [0.25, 0.3) is 0 Å². The molecule has 0 unspecified atom stereocenters. The van der Waals surface area contributed by atoms with Crippen molar-refractivity contribution in [2.45, 2.75) is 38.1 Å². The van der Waals surface area contributed by atoms with Crippen LogP contribution in [0.2, 0.25) is 0 Å². The van der Waals surface area contributed by atoms with Gasteiger partial charge < -0.3 is 5.32 Å². The number of carbonyl (C=O) groups excluding carboxylic acids is 1. The fourth-order valence-corrected chi connectivity index (χ4v) is 2.62. The number of aromatic nitrogens is 3. The van der Waals surface area contributed by atoms with Crippen LogP contribution in [0.25, 0.3) is 0 Å². The highest BCUT2D eigenvalue weighted by molar-refractivity contribution is 5.78. The lowest BCUT2D eigenvalue weighted by atomic mass is 10.2. The number of hydrogen-bond donors (Lipinski definition) is 1. The Morgan fingerprint density at radius 3 is 2.89 bits per heavy atom. The van der Waals surface area contributed by atoms with E-state index < -0.39 is 0 Å². The summed E-state index contributed by atoms with van der Waals surface area (Å²) in [6.07, 6.45) is 7.29. The molecule has 0 radical (unpaired) electrons. The Labute approximate surface area is 114 Å². The summed E-state index contributed by atoms with van der Waals surface area (Å²) in [5.41, 5.74) is 0. The quantitative estimate of drug-likeness (QED) is 0.806. The highest BCUT2D eigenvalue weighted by Crippen LogP contribution is 2.21. The summed E-state index contributed by atoms with van der Waals surface area (Å²) in [4.78, 5) is 18.1. The average molecular weight is 265 g/mol. The van der Waals surface area contributed by atoms with E-state index in [1.165, 1.54) is 32.0 Å². The van der Waals surface area contributed by atoms with Gasteiger partial charge in [0.2, 0.25) is 5.91 Å². The Bertz CT molecular complexity index is 411.